The highest BCUT2D eigenvalue weighted by atomic mass is 79.9. The van der Waals surface area contributed by atoms with Crippen LogP contribution < -0.4 is 10.1 Å². The fourth-order valence-corrected chi connectivity index (χ4v) is 2.50. The number of hydrogen-bond donors (Lipinski definition) is 1. The summed E-state index contributed by atoms with van der Waals surface area (Å²) >= 11 is 3.06. The number of nitro groups is 1. The first-order valence-electron chi connectivity index (χ1n) is 6.91. The molecule has 2 rings (SSSR count). The van der Waals surface area contributed by atoms with Crippen molar-refractivity contribution in [2.45, 2.75) is 13.0 Å². The molecule has 0 aliphatic rings. The number of nitro benzene ring substituents is 1. The standard InChI is InChI=1S/C16H14BrFN2O4/c1-9(10-4-6-15(24-2)13(18)7-10)19-16(21)11-3-5-12(17)14(8-11)20(22)23/h3-9H,1-2H3,(H,19,21)/t9-/m1/s1. The Labute approximate surface area is 145 Å². The molecular weight excluding hydrogens is 383 g/mol. The van der Waals surface area contributed by atoms with Crippen LogP contribution in [0.2, 0.25) is 0 Å². The summed E-state index contributed by atoms with van der Waals surface area (Å²) in [4.78, 5) is 22.6. The number of amides is 1. The third-order valence-corrected chi connectivity index (χ3v) is 4.10. The molecular formula is C16H14BrFN2O4. The number of benzene rings is 2. The van der Waals surface area contributed by atoms with Crippen LogP contribution in [0.4, 0.5) is 10.1 Å². The lowest BCUT2D eigenvalue weighted by Gasteiger charge is -2.15. The van der Waals surface area contributed by atoms with Crippen molar-refractivity contribution in [1.82, 2.24) is 5.32 Å². The first kappa shape index (κ1) is 17.9. The molecule has 1 atom stereocenters. The number of methoxy groups -OCH3 is 1. The number of carbonyl (C=O) groups is 1. The highest BCUT2D eigenvalue weighted by Crippen LogP contribution is 2.26. The Morgan fingerprint density at radius 3 is 2.62 bits per heavy atom. The van der Waals surface area contributed by atoms with Crippen molar-refractivity contribution in [3.8, 4) is 5.75 Å². The molecule has 0 unspecified atom stereocenters. The molecule has 0 aliphatic carbocycles. The Morgan fingerprint density at radius 1 is 1.33 bits per heavy atom. The molecule has 0 saturated heterocycles. The summed E-state index contributed by atoms with van der Waals surface area (Å²) in [5, 5.41) is 13.6. The fourth-order valence-electron chi connectivity index (χ4n) is 2.11. The number of carbonyl (C=O) groups excluding carboxylic acids is 1. The first-order chi connectivity index (χ1) is 11.3. The number of halogens is 2. The predicted molar refractivity (Wildman–Crippen MR) is 89.6 cm³/mol. The van der Waals surface area contributed by atoms with E-state index in [1.54, 1.807) is 13.0 Å². The Morgan fingerprint density at radius 2 is 2.04 bits per heavy atom. The van der Waals surface area contributed by atoms with Gasteiger partial charge in [0.2, 0.25) is 0 Å². The molecule has 0 radical (unpaired) electrons. The van der Waals surface area contributed by atoms with E-state index in [-0.39, 0.29) is 21.5 Å². The zero-order valence-electron chi connectivity index (χ0n) is 12.9. The lowest BCUT2D eigenvalue weighted by Crippen LogP contribution is -2.26. The molecule has 126 valence electrons. The molecule has 2 aromatic carbocycles. The minimum Gasteiger partial charge on any atom is -0.494 e. The molecule has 0 fully saturated rings. The number of hydrogen-bond acceptors (Lipinski definition) is 4. The summed E-state index contributed by atoms with van der Waals surface area (Å²) in [6.45, 7) is 1.69. The van der Waals surface area contributed by atoms with Gasteiger partial charge in [-0.25, -0.2) is 4.39 Å². The van der Waals surface area contributed by atoms with Crippen molar-refractivity contribution in [3.05, 3.63) is 67.9 Å². The second kappa shape index (κ2) is 7.39. The van der Waals surface area contributed by atoms with E-state index in [9.17, 15) is 19.3 Å². The second-order valence-electron chi connectivity index (χ2n) is 5.01. The van der Waals surface area contributed by atoms with Gasteiger partial charge in [-0.3, -0.25) is 14.9 Å². The molecule has 0 spiro atoms. The molecule has 2 aromatic rings. The van der Waals surface area contributed by atoms with Crippen LogP contribution in [0.1, 0.15) is 28.9 Å². The van der Waals surface area contributed by atoms with Gasteiger partial charge < -0.3 is 10.1 Å². The summed E-state index contributed by atoms with van der Waals surface area (Å²) in [6.07, 6.45) is 0. The average molecular weight is 397 g/mol. The molecule has 0 aromatic heterocycles. The van der Waals surface area contributed by atoms with Gasteiger partial charge in [0.15, 0.2) is 11.6 Å². The normalized spacial score (nSPS) is 11.7. The van der Waals surface area contributed by atoms with Crippen molar-refractivity contribution in [2.24, 2.45) is 0 Å². The summed E-state index contributed by atoms with van der Waals surface area (Å²) in [6, 6.07) is 7.97. The van der Waals surface area contributed by atoms with Crippen LogP contribution in [-0.4, -0.2) is 17.9 Å². The van der Waals surface area contributed by atoms with Crippen LogP contribution in [0.15, 0.2) is 40.9 Å². The van der Waals surface area contributed by atoms with Crippen molar-refractivity contribution in [1.29, 1.82) is 0 Å². The predicted octanol–water partition coefficient (Wildman–Crippen LogP) is 4.00. The van der Waals surface area contributed by atoms with Crippen LogP contribution in [0, 0.1) is 15.9 Å². The maximum absolute atomic E-state index is 13.7. The van der Waals surface area contributed by atoms with E-state index in [0.717, 1.165) is 0 Å². The Hall–Kier alpha value is -2.48. The van der Waals surface area contributed by atoms with E-state index in [0.29, 0.717) is 5.56 Å². The largest absolute Gasteiger partial charge is 0.494 e. The summed E-state index contributed by atoms with van der Waals surface area (Å²) in [5.74, 6) is -0.912. The molecule has 6 nitrogen and oxygen atoms in total. The van der Waals surface area contributed by atoms with Crippen LogP contribution in [0.3, 0.4) is 0 Å². The number of ether oxygens (including phenoxy) is 1. The van der Waals surface area contributed by atoms with E-state index in [1.807, 2.05) is 0 Å². The van der Waals surface area contributed by atoms with Crippen LogP contribution in [0.5, 0.6) is 5.75 Å². The summed E-state index contributed by atoms with van der Waals surface area (Å²) < 4.78 is 18.9. The van der Waals surface area contributed by atoms with E-state index < -0.39 is 22.7 Å². The highest BCUT2D eigenvalue weighted by molar-refractivity contribution is 9.10. The number of nitrogens with one attached hydrogen (secondary N) is 1. The van der Waals surface area contributed by atoms with Gasteiger partial charge in [-0.1, -0.05) is 6.07 Å². The van der Waals surface area contributed by atoms with Gasteiger partial charge in [-0.05, 0) is 52.7 Å². The van der Waals surface area contributed by atoms with Crippen molar-refractivity contribution in [3.63, 3.8) is 0 Å². The molecule has 0 bridgehead atoms. The minimum atomic E-state index is -0.580. The fraction of sp³-hybridized carbons (Fsp3) is 0.188. The van der Waals surface area contributed by atoms with Gasteiger partial charge in [0.05, 0.1) is 22.5 Å². The van der Waals surface area contributed by atoms with E-state index >= 15 is 0 Å². The Kier molecular flexibility index (Phi) is 5.50. The second-order valence-corrected chi connectivity index (χ2v) is 5.87. The van der Waals surface area contributed by atoms with Crippen LogP contribution >= 0.6 is 15.9 Å². The van der Waals surface area contributed by atoms with Crippen LogP contribution in [-0.2, 0) is 0 Å². The summed E-state index contributed by atoms with van der Waals surface area (Å²) in [7, 11) is 1.36. The quantitative estimate of drug-likeness (QED) is 0.611. The maximum Gasteiger partial charge on any atom is 0.284 e. The molecule has 1 N–H and O–H groups in total. The zero-order chi connectivity index (χ0) is 17.9. The third-order valence-electron chi connectivity index (χ3n) is 3.43. The average Bonchev–Trinajstić information content (AvgIpc) is 2.54. The van der Waals surface area contributed by atoms with Crippen molar-refractivity contribution < 1.29 is 18.8 Å². The van der Waals surface area contributed by atoms with Gasteiger partial charge in [-0.15, -0.1) is 0 Å². The summed E-state index contributed by atoms with van der Waals surface area (Å²) in [5.41, 5.74) is 0.491. The highest BCUT2D eigenvalue weighted by Gasteiger charge is 2.18. The molecule has 8 heteroatoms. The van der Waals surface area contributed by atoms with Gasteiger partial charge >= 0.3 is 0 Å². The first-order valence-corrected chi connectivity index (χ1v) is 7.71. The van der Waals surface area contributed by atoms with Gasteiger partial charge in [0.25, 0.3) is 11.6 Å². The number of rotatable bonds is 5. The Balaban J connectivity index is 2.18. The lowest BCUT2D eigenvalue weighted by atomic mass is 10.1. The van der Waals surface area contributed by atoms with Crippen LogP contribution in [0.25, 0.3) is 0 Å². The third kappa shape index (κ3) is 3.88. The van der Waals surface area contributed by atoms with Crippen molar-refractivity contribution in [2.75, 3.05) is 7.11 Å². The topological polar surface area (TPSA) is 81.5 Å². The molecule has 0 saturated carbocycles. The maximum atomic E-state index is 13.7. The monoisotopic (exact) mass is 396 g/mol. The van der Waals surface area contributed by atoms with Crippen molar-refractivity contribution >= 4 is 27.5 Å². The molecule has 0 aliphatic heterocycles. The number of nitrogens with zero attached hydrogens (tertiary/aromatic N) is 1. The Bertz CT molecular complexity index is 798. The van der Waals surface area contributed by atoms with Gasteiger partial charge in [0, 0.05) is 11.6 Å². The van der Waals surface area contributed by atoms with E-state index in [4.69, 9.17) is 4.74 Å². The zero-order valence-corrected chi connectivity index (χ0v) is 14.5. The van der Waals surface area contributed by atoms with Gasteiger partial charge in [-0.2, -0.15) is 0 Å². The molecule has 0 heterocycles. The lowest BCUT2D eigenvalue weighted by molar-refractivity contribution is -0.385. The van der Waals surface area contributed by atoms with Gasteiger partial charge in [0.1, 0.15) is 0 Å². The minimum absolute atomic E-state index is 0.112. The molecule has 24 heavy (non-hydrogen) atoms. The smallest absolute Gasteiger partial charge is 0.284 e. The van der Waals surface area contributed by atoms with E-state index in [2.05, 4.69) is 21.2 Å². The SMILES string of the molecule is COc1ccc([C@@H](C)NC(=O)c2ccc(Br)c([N+](=O)[O-])c2)cc1F. The van der Waals surface area contributed by atoms with E-state index in [1.165, 1.54) is 37.4 Å². The molecule has 1 amide bonds.